The van der Waals surface area contributed by atoms with E-state index in [1.165, 1.54) is 12.8 Å². The molecule has 0 aliphatic rings. The summed E-state index contributed by atoms with van der Waals surface area (Å²) in [5.41, 5.74) is 0.856. The summed E-state index contributed by atoms with van der Waals surface area (Å²) >= 11 is 0. The average Bonchev–Trinajstić information content (AvgIpc) is 2.51. The van der Waals surface area contributed by atoms with Crippen molar-refractivity contribution < 1.29 is 9.90 Å². The number of fused-ring (bicyclic) bond motifs is 1. The molecule has 21 heavy (non-hydrogen) atoms. The van der Waals surface area contributed by atoms with Crippen molar-refractivity contribution in [3.8, 4) is 0 Å². The summed E-state index contributed by atoms with van der Waals surface area (Å²) < 4.78 is 0. The van der Waals surface area contributed by atoms with E-state index in [2.05, 4.69) is 6.92 Å². The number of ketones is 1. The summed E-state index contributed by atoms with van der Waals surface area (Å²) in [6.45, 7) is 2.16. The minimum absolute atomic E-state index is 0.159. The second-order valence-corrected chi connectivity index (χ2v) is 5.64. The molecule has 112 valence electrons. The van der Waals surface area contributed by atoms with Crippen LogP contribution in [0.2, 0.25) is 0 Å². The van der Waals surface area contributed by atoms with Crippen LogP contribution in [0.4, 0.5) is 0 Å². The van der Waals surface area contributed by atoms with Gasteiger partial charge in [-0.3, -0.25) is 4.79 Å². The lowest BCUT2D eigenvalue weighted by molar-refractivity contribution is -0.121. The highest BCUT2D eigenvalue weighted by Crippen LogP contribution is 2.26. The van der Waals surface area contributed by atoms with Crippen molar-refractivity contribution in [1.29, 1.82) is 0 Å². The first-order valence-electron chi connectivity index (χ1n) is 7.89. The Balaban J connectivity index is 1.99. The highest BCUT2D eigenvalue weighted by molar-refractivity contribution is 5.87. The van der Waals surface area contributed by atoms with Gasteiger partial charge < -0.3 is 5.11 Å². The minimum atomic E-state index is -0.699. The lowest BCUT2D eigenvalue weighted by Crippen LogP contribution is -2.07. The molecule has 0 fully saturated rings. The van der Waals surface area contributed by atoms with E-state index in [0.717, 1.165) is 29.2 Å². The number of carbonyl (C=O) groups is 1. The van der Waals surface area contributed by atoms with Crippen molar-refractivity contribution in [3.05, 3.63) is 48.0 Å². The normalized spacial score (nSPS) is 12.5. The molecule has 0 spiro atoms. The molecule has 2 heteroatoms. The molecule has 2 aromatic carbocycles. The van der Waals surface area contributed by atoms with Gasteiger partial charge in [0.05, 0.1) is 6.10 Å². The van der Waals surface area contributed by atoms with Gasteiger partial charge in [0.15, 0.2) is 0 Å². The number of benzene rings is 2. The maximum Gasteiger partial charge on any atom is 0.135 e. The Labute approximate surface area is 126 Å². The Morgan fingerprint density at radius 3 is 2.62 bits per heavy atom. The van der Waals surface area contributed by atoms with Crippen LogP contribution in [0.15, 0.2) is 42.5 Å². The molecule has 0 aromatic heterocycles. The zero-order valence-electron chi connectivity index (χ0n) is 12.7. The SMILES string of the molecule is CCCCCCC(=O)C[C@@H](O)c1cccc2ccccc12. The van der Waals surface area contributed by atoms with E-state index in [-0.39, 0.29) is 12.2 Å². The third-order valence-corrected chi connectivity index (χ3v) is 3.91. The number of rotatable bonds is 8. The van der Waals surface area contributed by atoms with Crippen LogP contribution < -0.4 is 0 Å². The fraction of sp³-hybridized carbons (Fsp3) is 0.421. The van der Waals surface area contributed by atoms with Crippen molar-refractivity contribution in [2.24, 2.45) is 0 Å². The molecule has 0 unspecified atom stereocenters. The summed E-state index contributed by atoms with van der Waals surface area (Å²) in [5.74, 6) is 0.159. The molecule has 2 nitrogen and oxygen atoms in total. The zero-order chi connectivity index (χ0) is 15.1. The van der Waals surface area contributed by atoms with Crippen LogP contribution in [0.5, 0.6) is 0 Å². The second kappa shape index (κ2) is 7.94. The predicted octanol–water partition coefficient (Wildman–Crippen LogP) is 4.80. The number of hydrogen-bond donors (Lipinski definition) is 1. The standard InChI is InChI=1S/C19H24O2/c1-2-3-4-5-11-16(20)14-19(21)18-13-8-10-15-9-6-7-12-17(15)18/h6-10,12-13,19,21H,2-5,11,14H2,1H3/t19-/m1/s1. The fourth-order valence-corrected chi connectivity index (χ4v) is 2.72. The second-order valence-electron chi connectivity index (χ2n) is 5.64. The predicted molar refractivity (Wildman–Crippen MR) is 87.3 cm³/mol. The molecule has 0 radical (unpaired) electrons. The first-order chi connectivity index (χ1) is 10.2. The molecule has 2 rings (SSSR count). The molecule has 0 aliphatic heterocycles. The molecular formula is C19H24O2. The third kappa shape index (κ3) is 4.40. The molecule has 0 amide bonds. The van der Waals surface area contributed by atoms with E-state index in [9.17, 15) is 9.90 Å². The molecule has 0 bridgehead atoms. The van der Waals surface area contributed by atoms with Crippen molar-refractivity contribution >= 4 is 16.6 Å². The van der Waals surface area contributed by atoms with Crippen LogP contribution in [0.25, 0.3) is 10.8 Å². The number of Topliss-reactive ketones (excluding diaryl/α,β-unsaturated/α-hetero) is 1. The van der Waals surface area contributed by atoms with Crippen LogP contribution in [0.1, 0.15) is 57.1 Å². The zero-order valence-corrected chi connectivity index (χ0v) is 12.7. The Kier molecular flexibility index (Phi) is 5.94. The van der Waals surface area contributed by atoms with Crippen LogP contribution in [-0.2, 0) is 4.79 Å². The Morgan fingerprint density at radius 1 is 1.05 bits per heavy atom. The van der Waals surface area contributed by atoms with Crippen LogP contribution >= 0.6 is 0 Å². The van der Waals surface area contributed by atoms with Gasteiger partial charge in [-0.05, 0) is 22.8 Å². The molecule has 0 aliphatic carbocycles. The first-order valence-corrected chi connectivity index (χ1v) is 7.89. The van der Waals surface area contributed by atoms with Crippen LogP contribution in [-0.4, -0.2) is 10.9 Å². The maximum absolute atomic E-state index is 12.0. The van der Waals surface area contributed by atoms with Gasteiger partial charge in [-0.25, -0.2) is 0 Å². The Bertz CT molecular complexity index is 584. The maximum atomic E-state index is 12.0. The van der Waals surface area contributed by atoms with E-state index in [0.29, 0.717) is 6.42 Å². The highest BCUT2D eigenvalue weighted by atomic mass is 16.3. The van der Waals surface area contributed by atoms with Gasteiger partial charge in [0.2, 0.25) is 0 Å². The Morgan fingerprint density at radius 2 is 1.81 bits per heavy atom. The van der Waals surface area contributed by atoms with Gasteiger partial charge in [0.25, 0.3) is 0 Å². The molecular weight excluding hydrogens is 260 g/mol. The minimum Gasteiger partial charge on any atom is -0.388 e. The van der Waals surface area contributed by atoms with Crippen LogP contribution in [0.3, 0.4) is 0 Å². The highest BCUT2D eigenvalue weighted by Gasteiger charge is 2.15. The lowest BCUT2D eigenvalue weighted by Gasteiger charge is -2.13. The van der Waals surface area contributed by atoms with E-state index in [1.807, 2.05) is 42.5 Å². The van der Waals surface area contributed by atoms with Gasteiger partial charge >= 0.3 is 0 Å². The summed E-state index contributed by atoms with van der Waals surface area (Å²) in [4.78, 5) is 12.0. The van der Waals surface area contributed by atoms with Gasteiger partial charge in [0.1, 0.15) is 5.78 Å². The average molecular weight is 284 g/mol. The molecule has 1 atom stereocenters. The fourth-order valence-electron chi connectivity index (χ4n) is 2.72. The monoisotopic (exact) mass is 284 g/mol. The van der Waals surface area contributed by atoms with Gasteiger partial charge in [-0.15, -0.1) is 0 Å². The van der Waals surface area contributed by atoms with Crippen molar-refractivity contribution in [1.82, 2.24) is 0 Å². The summed E-state index contributed by atoms with van der Waals surface area (Å²) in [6.07, 6.45) is 4.50. The van der Waals surface area contributed by atoms with Gasteiger partial charge in [-0.1, -0.05) is 68.7 Å². The van der Waals surface area contributed by atoms with Crippen molar-refractivity contribution in [2.75, 3.05) is 0 Å². The summed E-state index contributed by atoms with van der Waals surface area (Å²) in [6, 6.07) is 13.8. The van der Waals surface area contributed by atoms with Gasteiger partial charge in [0, 0.05) is 12.8 Å². The van der Waals surface area contributed by atoms with E-state index in [4.69, 9.17) is 0 Å². The molecule has 1 N–H and O–H groups in total. The number of aliphatic hydroxyl groups is 1. The molecule has 0 saturated heterocycles. The number of hydrogen-bond acceptors (Lipinski definition) is 2. The largest absolute Gasteiger partial charge is 0.388 e. The quantitative estimate of drug-likeness (QED) is 0.707. The summed E-state index contributed by atoms with van der Waals surface area (Å²) in [5, 5.41) is 12.5. The lowest BCUT2D eigenvalue weighted by atomic mass is 9.96. The van der Waals surface area contributed by atoms with Gasteiger partial charge in [-0.2, -0.15) is 0 Å². The molecule has 0 heterocycles. The number of aliphatic hydroxyl groups excluding tert-OH is 1. The third-order valence-electron chi connectivity index (χ3n) is 3.91. The van der Waals surface area contributed by atoms with Crippen molar-refractivity contribution in [2.45, 2.75) is 51.6 Å². The van der Waals surface area contributed by atoms with Crippen LogP contribution in [0, 0.1) is 0 Å². The number of carbonyl (C=O) groups excluding carboxylic acids is 1. The molecule has 0 saturated carbocycles. The molecule has 2 aromatic rings. The van der Waals surface area contributed by atoms with E-state index >= 15 is 0 Å². The first kappa shape index (κ1) is 15.7. The Hall–Kier alpha value is -1.67. The smallest absolute Gasteiger partial charge is 0.135 e. The number of unbranched alkanes of at least 4 members (excludes halogenated alkanes) is 3. The summed E-state index contributed by atoms with van der Waals surface area (Å²) in [7, 11) is 0. The van der Waals surface area contributed by atoms with Crippen molar-refractivity contribution in [3.63, 3.8) is 0 Å². The topological polar surface area (TPSA) is 37.3 Å². The van der Waals surface area contributed by atoms with E-state index in [1.54, 1.807) is 0 Å². The van der Waals surface area contributed by atoms with E-state index < -0.39 is 6.10 Å².